The van der Waals surface area contributed by atoms with E-state index in [1.54, 1.807) is 0 Å². The maximum atomic E-state index is 5.87. The highest BCUT2D eigenvalue weighted by Gasteiger charge is 1.99. The second-order valence-electron chi connectivity index (χ2n) is 3.28. The van der Waals surface area contributed by atoms with Crippen molar-refractivity contribution in [2.45, 2.75) is 26.4 Å². The zero-order valence-corrected chi connectivity index (χ0v) is 10.4. The zero-order valence-electron chi connectivity index (χ0n) is 8.15. The molecule has 0 aliphatic heterocycles. The van der Waals surface area contributed by atoms with Crippen molar-refractivity contribution in [1.29, 1.82) is 0 Å². The van der Waals surface area contributed by atoms with Gasteiger partial charge in [-0.05, 0) is 17.7 Å². The molecule has 0 saturated heterocycles. The third-order valence-electron chi connectivity index (χ3n) is 1.70. The van der Waals surface area contributed by atoms with Crippen LogP contribution in [-0.4, -0.2) is 6.04 Å². The molecule has 14 heavy (non-hydrogen) atoms. The molecule has 0 spiro atoms. The van der Waals surface area contributed by atoms with E-state index in [4.69, 9.17) is 23.2 Å². The molecule has 1 N–H and O–H groups in total. The van der Waals surface area contributed by atoms with E-state index in [0.717, 1.165) is 12.1 Å². The average Bonchev–Trinajstić information content (AvgIpc) is 2.07. The summed E-state index contributed by atoms with van der Waals surface area (Å²) in [6.45, 7) is 5.05. The Morgan fingerprint density at radius 1 is 1.21 bits per heavy atom. The van der Waals surface area contributed by atoms with Gasteiger partial charge >= 0.3 is 0 Å². The van der Waals surface area contributed by atoms with E-state index in [2.05, 4.69) is 19.2 Å². The molecule has 1 aromatic carbocycles. The fraction of sp³-hybridized carbons (Fsp3) is 0.400. The molecule has 0 bridgehead atoms. The van der Waals surface area contributed by atoms with Crippen molar-refractivity contribution in [1.82, 2.24) is 5.32 Å². The number of nitrogens with one attached hydrogen (secondary N) is 1. The van der Waals surface area contributed by atoms with Gasteiger partial charge in [0, 0.05) is 12.6 Å². The molecule has 0 unspecified atom stereocenters. The van der Waals surface area contributed by atoms with E-state index in [1.807, 2.05) is 18.2 Å². The van der Waals surface area contributed by atoms with Crippen molar-refractivity contribution in [2.75, 3.05) is 0 Å². The van der Waals surface area contributed by atoms with E-state index >= 15 is 0 Å². The summed E-state index contributed by atoms with van der Waals surface area (Å²) in [5, 5.41) is 4.53. The molecule has 0 aliphatic carbocycles. The SMILES string of the molecule is CC(C)NCc1ccc(Cl)c(Cl)c1.[Cl-]. The Hall–Kier alpha value is 0.0500. The first-order valence-electron chi connectivity index (χ1n) is 4.27. The van der Waals surface area contributed by atoms with Gasteiger partial charge in [-0.15, -0.1) is 0 Å². The molecule has 0 aromatic heterocycles. The normalized spacial score (nSPS) is 10.1. The standard InChI is InChI=1S/C10H13Cl2N.ClH/c1-7(2)13-6-8-3-4-9(11)10(12)5-8;/h3-5,7,13H,6H2,1-2H3;1H/p-1. The topological polar surface area (TPSA) is 12.0 Å². The van der Waals surface area contributed by atoms with E-state index in [9.17, 15) is 0 Å². The first-order chi connectivity index (χ1) is 6.09. The predicted octanol–water partition coefficient (Wildman–Crippen LogP) is 0.495. The predicted molar refractivity (Wildman–Crippen MR) is 58.4 cm³/mol. The largest absolute Gasteiger partial charge is 1.00 e. The summed E-state index contributed by atoms with van der Waals surface area (Å²) in [7, 11) is 0. The lowest BCUT2D eigenvalue weighted by molar-refractivity contribution is -0.00000276. The lowest BCUT2D eigenvalue weighted by Crippen LogP contribution is -3.00. The third kappa shape index (κ3) is 4.52. The minimum Gasteiger partial charge on any atom is -1.00 e. The van der Waals surface area contributed by atoms with Gasteiger partial charge in [-0.3, -0.25) is 0 Å². The van der Waals surface area contributed by atoms with Crippen LogP contribution in [0.25, 0.3) is 0 Å². The van der Waals surface area contributed by atoms with Crippen LogP contribution in [0.5, 0.6) is 0 Å². The molecule has 4 heteroatoms. The van der Waals surface area contributed by atoms with Gasteiger partial charge in [0.1, 0.15) is 0 Å². The van der Waals surface area contributed by atoms with Crippen molar-refractivity contribution < 1.29 is 12.4 Å². The Labute approximate surface area is 101 Å². The van der Waals surface area contributed by atoms with Crippen molar-refractivity contribution >= 4 is 23.2 Å². The molecule has 1 aromatic rings. The summed E-state index contributed by atoms with van der Waals surface area (Å²) in [5.74, 6) is 0. The maximum Gasteiger partial charge on any atom is 0.0595 e. The van der Waals surface area contributed by atoms with Crippen LogP contribution < -0.4 is 17.7 Å². The number of rotatable bonds is 3. The minimum absolute atomic E-state index is 0. The maximum absolute atomic E-state index is 5.87. The highest BCUT2D eigenvalue weighted by molar-refractivity contribution is 6.42. The van der Waals surface area contributed by atoms with Gasteiger partial charge in [0.15, 0.2) is 0 Å². The quantitative estimate of drug-likeness (QED) is 0.827. The Bertz CT molecular complexity index is 287. The number of hydrogen-bond donors (Lipinski definition) is 1. The Morgan fingerprint density at radius 3 is 2.36 bits per heavy atom. The van der Waals surface area contributed by atoms with Crippen molar-refractivity contribution in [2.24, 2.45) is 0 Å². The Balaban J connectivity index is 0.00000169. The van der Waals surface area contributed by atoms with Gasteiger partial charge < -0.3 is 17.7 Å². The van der Waals surface area contributed by atoms with E-state index < -0.39 is 0 Å². The highest BCUT2D eigenvalue weighted by Crippen LogP contribution is 2.22. The van der Waals surface area contributed by atoms with Crippen LogP contribution in [0.3, 0.4) is 0 Å². The lowest BCUT2D eigenvalue weighted by atomic mass is 10.2. The summed E-state index contributed by atoms with van der Waals surface area (Å²) < 4.78 is 0. The molecule has 0 aliphatic rings. The summed E-state index contributed by atoms with van der Waals surface area (Å²) >= 11 is 11.7. The number of halogens is 3. The molecule has 80 valence electrons. The minimum atomic E-state index is 0. The molecule has 0 saturated carbocycles. The van der Waals surface area contributed by atoms with Gasteiger partial charge in [-0.1, -0.05) is 43.1 Å². The third-order valence-corrected chi connectivity index (χ3v) is 2.44. The summed E-state index contributed by atoms with van der Waals surface area (Å²) in [4.78, 5) is 0. The Morgan fingerprint density at radius 2 is 1.86 bits per heavy atom. The molecular formula is C10H13Cl3N-. The molecule has 0 atom stereocenters. The first-order valence-corrected chi connectivity index (χ1v) is 5.02. The van der Waals surface area contributed by atoms with Gasteiger partial charge in [0.25, 0.3) is 0 Å². The summed E-state index contributed by atoms with van der Waals surface area (Å²) in [6, 6.07) is 6.17. The fourth-order valence-electron chi connectivity index (χ4n) is 0.972. The molecule has 1 nitrogen and oxygen atoms in total. The van der Waals surface area contributed by atoms with Gasteiger partial charge in [-0.2, -0.15) is 0 Å². The molecule has 0 heterocycles. The van der Waals surface area contributed by atoms with E-state index in [-0.39, 0.29) is 12.4 Å². The first kappa shape index (κ1) is 14.1. The molecule has 0 radical (unpaired) electrons. The van der Waals surface area contributed by atoms with E-state index in [0.29, 0.717) is 16.1 Å². The highest BCUT2D eigenvalue weighted by atomic mass is 35.5. The van der Waals surface area contributed by atoms with Gasteiger partial charge in [-0.25, -0.2) is 0 Å². The lowest BCUT2D eigenvalue weighted by Gasteiger charge is -2.08. The van der Waals surface area contributed by atoms with Crippen LogP contribution in [0.4, 0.5) is 0 Å². The second-order valence-corrected chi connectivity index (χ2v) is 4.10. The van der Waals surface area contributed by atoms with Crippen LogP contribution in [-0.2, 0) is 6.54 Å². The molecular weight excluding hydrogens is 240 g/mol. The van der Waals surface area contributed by atoms with Crippen LogP contribution in [0.2, 0.25) is 10.0 Å². The van der Waals surface area contributed by atoms with E-state index in [1.165, 1.54) is 0 Å². The fourth-order valence-corrected chi connectivity index (χ4v) is 1.29. The van der Waals surface area contributed by atoms with Crippen LogP contribution >= 0.6 is 23.2 Å². The van der Waals surface area contributed by atoms with Crippen LogP contribution in [0, 0.1) is 0 Å². The monoisotopic (exact) mass is 252 g/mol. The zero-order chi connectivity index (χ0) is 9.84. The van der Waals surface area contributed by atoms with Gasteiger partial charge in [0.2, 0.25) is 0 Å². The van der Waals surface area contributed by atoms with Crippen molar-refractivity contribution in [3.63, 3.8) is 0 Å². The Kier molecular flexibility index (Phi) is 6.54. The smallest absolute Gasteiger partial charge is 0.0595 e. The van der Waals surface area contributed by atoms with Gasteiger partial charge in [0.05, 0.1) is 10.0 Å². The van der Waals surface area contributed by atoms with Crippen molar-refractivity contribution in [3.05, 3.63) is 33.8 Å². The molecule has 0 fully saturated rings. The van der Waals surface area contributed by atoms with Crippen LogP contribution in [0.1, 0.15) is 19.4 Å². The number of hydrogen-bond acceptors (Lipinski definition) is 1. The summed E-state index contributed by atoms with van der Waals surface area (Å²) in [5.41, 5.74) is 1.16. The van der Waals surface area contributed by atoms with Crippen LogP contribution in [0.15, 0.2) is 18.2 Å². The second kappa shape index (κ2) is 6.52. The van der Waals surface area contributed by atoms with Crippen molar-refractivity contribution in [3.8, 4) is 0 Å². The summed E-state index contributed by atoms with van der Waals surface area (Å²) in [6.07, 6.45) is 0. The molecule has 0 amide bonds. The molecule has 1 rings (SSSR count). The number of benzene rings is 1. The average molecular weight is 254 g/mol.